The quantitative estimate of drug-likeness (QED) is 0.582. The minimum Gasteiger partial charge on any atom is -0.481 e. The van der Waals surface area contributed by atoms with E-state index >= 15 is 0 Å². The second-order valence-corrected chi connectivity index (χ2v) is 2.39. The monoisotopic (exact) mass is 132 g/mol. The van der Waals surface area contributed by atoms with E-state index in [1.165, 1.54) is 0 Å². The molecule has 0 bridgehead atoms. The second-order valence-electron chi connectivity index (χ2n) is 2.39. The molecule has 1 rings (SSSR count). The number of rotatable bonds is 1. The first-order valence-corrected chi connectivity index (χ1v) is 3.08. The van der Waals surface area contributed by atoms with Crippen LogP contribution in [-0.4, -0.2) is 17.2 Å². The van der Waals surface area contributed by atoms with E-state index in [1.54, 1.807) is 0 Å². The Morgan fingerprint density at radius 1 is 1.56 bits per heavy atom. The molecule has 2 atom stereocenters. The Morgan fingerprint density at radius 2 is 2.22 bits per heavy atom. The van der Waals surface area contributed by atoms with Gasteiger partial charge in [0, 0.05) is 0 Å². The molecule has 3 heteroatoms. The Balaban J connectivity index is 2.49. The highest BCUT2D eigenvalue weighted by atomic mass is 19.1. The van der Waals surface area contributed by atoms with Crippen molar-refractivity contribution in [1.29, 1.82) is 0 Å². The summed E-state index contributed by atoms with van der Waals surface area (Å²) in [6.07, 6.45) is 0.563. The molecular weight excluding hydrogens is 123 g/mol. The summed E-state index contributed by atoms with van der Waals surface area (Å²) in [5.74, 6) is -1.70. The van der Waals surface area contributed by atoms with Crippen LogP contribution >= 0.6 is 0 Å². The van der Waals surface area contributed by atoms with Crippen LogP contribution in [-0.2, 0) is 4.79 Å². The average molecular weight is 132 g/mol. The standard InChI is InChI=1S/C6H9FO2/c7-5-3-1-2-4(5)6(8)9/h4-5H,1-3H2,(H,8,9)/t4-,5?/m0/s1. The lowest BCUT2D eigenvalue weighted by Gasteiger charge is -2.03. The molecule has 2 nitrogen and oxygen atoms in total. The van der Waals surface area contributed by atoms with Crippen molar-refractivity contribution in [2.24, 2.45) is 5.92 Å². The van der Waals surface area contributed by atoms with Crippen LogP contribution in [0.1, 0.15) is 19.3 Å². The molecule has 0 aromatic rings. The molecular formula is C6H9FO2. The summed E-state index contributed by atoms with van der Waals surface area (Å²) >= 11 is 0. The summed E-state index contributed by atoms with van der Waals surface area (Å²) in [6, 6.07) is 0. The highest BCUT2D eigenvalue weighted by molar-refractivity contribution is 5.71. The van der Waals surface area contributed by atoms with Crippen molar-refractivity contribution in [3.8, 4) is 0 Å². The van der Waals surface area contributed by atoms with Crippen LogP contribution in [0.2, 0.25) is 0 Å². The molecule has 1 saturated carbocycles. The fourth-order valence-corrected chi connectivity index (χ4v) is 1.19. The van der Waals surface area contributed by atoms with Gasteiger partial charge in [0.2, 0.25) is 0 Å². The van der Waals surface area contributed by atoms with E-state index in [4.69, 9.17) is 5.11 Å². The molecule has 0 aliphatic heterocycles. The fourth-order valence-electron chi connectivity index (χ4n) is 1.19. The lowest BCUT2D eigenvalue weighted by Crippen LogP contribution is -2.18. The Labute approximate surface area is 52.7 Å². The number of halogens is 1. The van der Waals surface area contributed by atoms with Gasteiger partial charge in [-0.1, -0.05) is 0 Å². The van der Waals surface area contributed by atoms with E-state index in [-0.39, 0.29) is 0 Å². The lowest BCUT2D eigenvalue weighted by atomic mass is 10.1. The van der Waals surface area contributed by atoms with Gasteiger partial charge in [-0.25, -0.2) is 4.39 Å². The van der Waals surface area contributed by atoms with Crippen molar-refractivity contribution in [3.05, 3.63) is 0 Å². The van der Waals surface area contributed by atoms with Gasteiger partial charge in [0.05, 0.1) is 5.92 Å². The molecule has 0 radical (unpaired) electrons. The minimum absolute atomic E-state index is 0.428. The van der Waals surface area contributed by atoms with Crippen LogP contribution in [0.5, 0.6) is 0 Å². The Hall–Kier alpha value is -0.600. The van der Waals surface area contributed by atoms with Gasteiger partial charge in [0.25, 0.3) is 0 Å². The van der Waals surface area contributed by atoms with Crippen molar-refractivity contribution in [1.82, 2.24) is 0 Å². The third-order valence-electron chi connectivity index (χ3n) is 1.75. The number of carboxylic acids is 1. The summed E-state index contributed by atoms with van der Waals surface area (Å²) in [7, 11) is 0. The van der Waals surface area contributed by atoms with Gasteiger partial charge in [-0.2, -0.15) is 0 Å². The van der Waals surface area contributed by atoms with E-state index in [0.717, 1.165) is 6.42 Å². The molecule has 0 saturated heterocycles. The molecule has 1 aliphatic carbocycles. The first-order valence-electron chi connectivity index (χ1n) is 3.08. The molecule has 0 heterocycles. The van der Waals surface area contributed by atoms with Crippen molar-refractivity contribution < 1.29 is 14.3 Å². The number of carbonyl (C=O) groups is 1. The summed E-state index contributed by atoms with van der Waals surface area (Å²) < 4.78 is 12.5. The molecule has 0 spiro atoms. The highest BCUT2D eigenvalue weighted by Gasteiger charge is 2.32. The van der Waals surface area contributed by atoms with Crippen molar-refractivity contribution in [2.45, 2.75) is 25.4 Å². The number of hydrogen-bond acceptors (Lipinski definition) is 1. The first kappa shape index (κ1) is 6.52. The van der Waals surface area contributed by atoms with Gasteiger partial charge in [-0.15, -0.1) is 0 Å². The van der Waals surface area contributed by atoms with Gasteiger partial charge < -0.3 is 5.11 Å². The van der Waals surface area contributed by atoms with Gasteiger partial charge in [0.1, 0.15) is 6.17 Å². The number of aliphatic carboxylic acids is 1. The van der Waals surface area contributed by atoms with Gasteiger partial charge in [0.15, 0.2) is 0 Å². The van der Waals surface area contributed by atoms with Crippen LogP contribution in [0.25, 0.3) is 0 Å². The fraction of sp³-hybridized carbons (Fsp3) is 0.833. The largest absolute Gasteiger partial charge is 0.481 e. The zero-order chi connectivity index (χ0) is 6.85. The first-order chi connectivity index (χ1) is 4.22. The van der Waals surface area contributed by atoms with Crippen LogP contribution < -0.4 is 0 Å². The maximum atomic E-state index is 12.5. The van der Waals surface area contributed by atoms with Gasteiger partial charge in [-0.3, -0.25) is 4.79 Å². The van der Waals surface area contributed by atoms with E-state index in [1.807, 2.05) is 0 Å². The van der Waals surface area contributed by atoms with Gasteiger partial charge in [-0.05, 0) is 19.3 Å². The predicted molar refractivity (Wildman–Crippen MR) is 29.9 cm³/mol. The summed E-state index contributed by atoms with van der Waals surface area (Å²) in [5, 5.41) is 8.34. The minimum atomic E-state index is -1.09. The predicted octanol–water partition coefficient (Wildman–Crippen LogP) is 1.21. The SMILES string of the molecule is O=C(O)[C@H]1CCCC1F. The molecule has 0 aromatic carbocycles. The summed E-state index contributed by atoms with van der Waals surface area (Å²) in [4.78, 5) is 10.2. The van der Waals surface area contributed by atoms with Crippen molar-refractivity contribution >= 4 is 5.97 Å². The number of alkyl halides is 1. The highest BCUT2D eigenvalue weighted by Crippen LogP contribution is 2.27. The number of hydrogen-bond donors (Lipinski definition) is 1. The molecule has 52 valence electrons. The molecule has 0 amide bonds. The van der Waals surface area contributed by atoms with Crippen LogP contribution in [0.4, 0.5) is 4.39 Å². The Morgan fingerprint density at radius 3 is 2.44 bits per heavy atom. The van der Waals surface area contributed by atoms with Gasteiger partial charge >= 0.3 is 5.97 Å². The molecule has 1 N–H and O–H groups in total. The van der Waals surface area contributed by atoms with E-state index in [0.29, 0.717) is 12.8 Å². The molecule has 1 unspecified atom stereocenters. The number of carboxylic acid groups (broad SMARTS) is 1. The van der Waals surface area contributed by atoms with Crippen molar-refractivity contribution in [3.63, 3.8) is 0 Å². The maximum Gasteiger partial charge on any atom is 0.309 e. The smallest absolute Gasteiger partial charge is 0.309 e. The average Bonchev–Trinajstić information content (AvgIpc) is 2.13. The molecule has 1 fully saturated rings. The topological polar surface area (TPSA) is 37.3 Å². The molecule has 0 aromatic heterocycles. The van der Waals surface area contributed by atoms with Crippen LogP contribution in [0.3, 0.4) is 0 Å². The zero-order valence-corrected chi connectivity index (χ0v) is 5.01. The zero-order valence-electron chi connectivity index (χ0n) is 5.01. The normalized spacial score (nSPS) is 34.8. The second kappa shape index (κ2) is 2.33. The van der Waals surface area contributed by atoms with Crippen LogP contribution in [0.15, 0.2) is 0 Å². The molecule has 1 aliphatic rings. The third-order valence-corrected chi connectivity index (χ3v) is 1.75. The van der Waals surface area contributed by atoms with E-state index < -0.39 is 18.1 Å². The third kappa shape index (κ3) is 1.20. The Kier molecular flexibility index (Phi) is 1.69. The lowest BCUT2D eigenvalue weighted by molar-refractivity contribution is -0.143. The summed E-state index contributed by atoms with van der Waals surface area (Å²) in [5.41, 5.74) is 0. The van der Waals surface area contributed by atoms with E-state index in [9.17, 15) is 9.18 Å². The van der Waals surface area contributed by atoms with Crippen molar-refractivity contribution in [2.75, 3.05) is 0 Å². The maximum absolute atomic E-state index is 12.5. The van der Waals surface area contributed by atoms with E-state index in [2.05, 4.69) is 0 Å². The Bertz CT molecular complexity index is 124. The van der Waals surface area contributed by atoms with Crippen LogP contribution in [0, 0.1) is 5.92 Å². The summed E-state index contributed by atoms with van der Waals surface area (Å²) in [6.45, 7) is 0. The molecule has 9 heavy (non-hydrogen) atoms.